The van der Waals surface area contributed by atoms with Gasteiger partial charge in [-0.2, -0.15) is 0 Å². The van der Waals surface area contributed by atoms with Gasteiger partial charge < -0.3 is 4.74 Å². The van der Waals surface area contributed by atoms with E-state index in [2.05, 4.69) is 19.2 Å². The van der Waals surface area contributed by atoms with Gasteiger partial charge in [-0.25, -0.2) is 0 Å². The molecule has 0 bridgehead atoms. The van der Waals surface area contributed by atoms with Crippen molar-refractivity contribution in [3.8, 4) is 0 Å². The van der Waals surface area contributed by atoms with Crippen LogP contribution in [0, 0.1) is 0 Å². The molecule has 0 amide bonds. The zero-order valence-corrected chi connectivity index (χ0v) is 9.24. The molecule has 0 saturated carbocycles. The molecule has 1 rings (SSSR count). The van der Waals surface area contributed by atoms with Crippen LogP contribution >= 0.6 is 11.8 Å². The second-order valence-electron chi connectivity index (χ2n) is 3.23. The van der Waals surface area contributed by atoms with E-state index in [0.717, 1.165) is 18.6 Å². The van der Waals surface area contributed by atoms with Gasteiger partial charge in [0.1, 0.15) is 6.04 Å². The van der Waals surface area contributed by atoms with E-state index < -0.39 is 0 Å². The molecule has 0 aromatic heterocycles. The number of nitrogens with one attached hydrogen (secondary N) is 1. The minimum atomic E-state index is -0.142. The summed E-state index contributed by atoms with van der Waals surface area (Å²) in [6.45, 7) is 4.28. The van der Waals surface area contributed by atoms with E-state index in [1.54, 1.807) is 0 Å². The Morgan fingerprint density at radius 2 is 2.23 bits per heavy atom. The first-order valence-electron chi connectivity index (χ1n) is 4.67. The number of thioether (sulfide) groups is 1. The predicted octanol–water partition coefficient (Wildman–Crippen LogP) is 1.38. The average Bonchev–Trinajstić information content (AvgIpc) is 2.61. The lowest BCUT2D eigenvalue weighted by atomic mass is 10.1. The normalized spacial score (nSPS) is 25.9. The summed E-state index contributed by atoms with van der Waals surface area (Å²) < 4.78 is 4.70. The van der Waals surface area contributed by atoms with Gasteiger partial charge in [-0.1, -0.05) is 13.8 Å². The molecule has 0 spiro atoms. The van der Waals surface area contributed by atoms with Crippen molar-refractivity contribution in [2.24, 2.45) is 0 Å². The van der Waals surface area contributed by atoms with Gasteiger partial charge in [0, 0.05) is 5.75 Å². The minimum absolute atomic E-state index is 0.0961. The molecule has 1 fully saturated rings. The smallest absolute Gasteiger partial charge is 0.323 e. The van der Waals surface area contributed by atoms with Crippen LogP contribution in [0.1, 0.15) is 26.7 Å². The predicted molar refractivity (Wildman–Crippen MR) is 54.7 cm³/mol. The highest BCUT2D eigenvalue weighted by molar-refractivity contribution is 8.00. The molecule has 0 aromatic carbocycles. The standard InChI is InChI=1S/C9H17NO2S/c1-4-9(5-2)10-7(6-13-9)8(11)12-3/h7,10H,4-6H2,1-3H3/t7-/m0/s1. The lowest BCUT2D eigenvalue weighted by Crippen LogP contribution is -2.44. The molecule has 3 nitrogen and oxygen atoms in total. The maximum absolute atomic E-state index is 11.2. The molecule has 1 N–H and O–H groups in total. The molecule has 0 aliphatic carbocycles. The van der Waals surface area contributed by atoms with Crippen LogP contribution in [0.5, 0.6) is 0 Å². The molecule has 1 heterocycles. The fourth-order valence-electron chi connectivity index (χ4n) is 1.57. The van der Waals surface area contributed by atoms with Crippen LogP contribution in [-0.4, -0.2) is 29.7 Å². The summed E-state index contributed by atoms with van der Waals surface area (Å²) in [5.41, 5.74) is 0. The van der Waals surface area contributed by atoms with Crippen LogP contribution in [0.25, 0.3) is 0 Å². The maximum atomic E-state index is 11.2. The molecular formula is C9H17NO2S. The van der Waals surface area contributed by atoms with Gasteiger partial charge in [0.2, 0.25) is 0 Å². The number of ether oxygens (including phenoxy) is 1. The molecule has 0 unspecified atom stereocenters. The van der Waals surface area contributed by atoms with Gasteiger partial charge >= 0.3 is 5.97 Å². The van der Waals surface area contributed by atoms with Crippen molar-refractivity contribution in [1.29, 1.82) is 0 Å². The molecule has 0 radical (unpaired) electrons. The zero-order chi connectivity index (χ0) is 9.90. The fourth-order valence-corrected chi connectivity index (χ4v) is 2.91. The molecule has 1 saturated heterocycles. The number of rotatable bonds is 3. The van der Waals surface area contributed by atoms with Crippen LogP contribution in [0.15, 0.2) is 0 Å². The number of hydrogen-bond acceptors (Lipinski definition) is 4. The van der Waals surface area contributed by atoms with Crippen LogP contribution in [-0.2, 0) is 9.53 Å². The molecule has 0 aromatic rings. The Kier molecular flexibility index (Phi) is 3.62. The lowest BCUT2D eigenvalue weighted by molar-refractivity contribution is -0.142. The third-order valence-corrected chi connectivity index (χ3v) is 4.34. The fraction of sp³-hybridized carbons (Fsp3) is 0.889. The SMILES string of the molecule is CCC1(CC)N[C@H](C(=O)OC)CS1. The molecule has 1 aliphatic rings. The Balaban J connectivity index is 2.56. The minimum Gasteiger partial charge on any atom is -0.468 e. The number of hydrogen-bond donors (Lipinski definition) is 1. The first-order valence-corrected chi connectivity index (χ1v) is 5.65. The van der Waals surface area contributed by atoms with E-state index in [1.807, 2.05) is 11.8 Å². The van der Waals surface area contributed by atoms with Gasteiger partial charge in [0.15, 0.2) is 0 Å². The molecule has 1 aliphatic heterocycles. The monoisotopic (exact) mass is 203 g/mol. The lowest BCUT2D eigenvalue weighted by Gasteiger charge is -2.26. The van der Waals surface area contributed by atoms with Gasteiger partial charge in [-0.3, -0.25) is 10.1 Å². The van der Waals surface area contributed by atoms with Crippen molar-refractivity contribution in [1.82, 2.24) is 5.32 Å². The van der Waals surface area contributed by atoms with Crippen LogP contribution in [0.4, 0.5) is 0 Å². The van der Waals surface area contributed by atoms with Gasteiger partial charge in [-0.15, -0.1) is 11.8 Å². The van der Waals surface area contributed by atoms with E-state index in [9.17, 15) is 4.79 Å². The molecule has 76 valence electrons. The van der Waals surface area contributed by atoms with Gasteiger partial charge in [0.05, 0.1) is 12.0 Å². The highest BCUT2D eigenvalue weighted by atomic mass is 32.2. The highest BCUT2D eigenvalue weighted by Crippen LogP contribution is 2.36. The first-order chi connectivity index (χ1) is 6.17. The van der Waals surface area contributed by atoms with E-state index >= 15 is 0 Å². The molecule has 4 heteroatoms. The van der Waals surface area contributed by atoms with Crippen LogP contribution < -0.4 is 5.32 Å². The van der Waals surface area contributed by atoms with Gasteiger partial charge in [0.25, 0.3) is 0 Å². The van der Waals surface area contributed by atoms with Crippen molar-refractivity contribution in [2.75, 3.05) is 12.9 Å². The Morgan fingerprint density at radius 3 is 2.62 bits per heavy atom. The topological polar surface area (TPSA) is 38.3 Å². The Hall–Kier alpha value is -0.220. The maximum Gasteiger partial charge on any atom is 0.323 e. The summed E-state index contributed by atoms with van der Waals surface area (Å²) >= 11 is 1.83. The summed E-state index contributed by atoms with van der Waals surface area (Å²) in [5.74, 6) is 0.685. The highest BCUT2D eigenvalue weighted by Gasteiger charge is 2.39. The Labute approximate surface area is 83.6 Å². The molecule has 1 atom stereocenters. The average molecular weight is 203 g/mol. The van der Waals surface area contributed by atoms with E-state index in [1.165, 1.54) is 7.11 Å². The van der Waals surface area contributed by atoms with Crippen molar-refractivity contribution < 1.29 is 9.53 Å². The van der Waals surface area contributed by atoms with Crippen molar-refractivity contribution in [2.45, 2.75) is 37.6 Å². The number of esters is 1. The zero-order valence-electron chi connectivity index (χ0n) is 8.42. The number of methoxy groups -OCH3 is 1. The molecular weight excluding hydrogens is 186 g/mol. The molecule has 13 heavy (non-hydrogen) atoms. The summed E-state index contributed by atoms with van der Waals surface area (Å²) in [5, 5.41) is 3.34. The third kappa shape index (κ3) is 2.17. The third-order valence-electron chi connectivity index (χ3n) is 2.59. The van der Waals surface area contributed by atoms with Gasteiger partial charge in [-0.05, 0) is 12.8 Å². The van der Waals surface area contributed by atoms with Crippen molar-refractivity contribution in [3.05, 3.63) is 0 Å². The number of carbonyl (C=O) groups excluding carboxylic acids is 1. The second kappa shape index (κ2) is 4.33. The van der Waals surface area contributed by atoms with Crippen LogP contribution in [0.3, 0.4) is 0 Å². The summed E-state index contributed by atoms with van der Waals surface area (Å²) in [6, 6.07) is -0.116. The Bertz CT molecular complexity index is 192. The largest absolute Gasteiger partial charge is 0.468 e. The first kappa shape index (κ1) is 10.9. The second-order valence-corrected chi connectivity index (χ2v) is 4.64. The quantitative estimate of drug-likeness (QED) is 0.703. The van der Waals surface area contributed by atoms with E-state index in [0.29, 0.717) is 0 Å². The van der Waals surface area contributed by atoms with Crippen LogP contribution in [0.2, 0.25) is 0 Å². The van der Waals surface area contributed by atoms with E-state index in [4.69, 9.17) is 4.74 Å². The van der Waals surface area contributed by atoms with Crippen molar-refractivity contribution >= 4 is 17.7 Å². The summed E-state index contributed by atoms with van der Waals surface area (Å²) in [7, 11) is 1.44. The number of carbonyl (C=O) groups is 1. The summed E-state index contributed by atoms with van der Waals surface area (Å²) in [6.07, 6.45) is 2.09. The Morgan fingerprint density at radius 1 is 1.62 bits per heavy atom. The van der Waals surface area contributed by atoms with E-state index in [-0.39, 0.29) is 16.9 Å². The van der Waals surface area contributed by atoms with Crippen molar-refractivity contribution in [3.63, 3.8) is 0 Å². The summed E-state index contributed by atoms with van der Waals surface area (Å²) in [4.78, 5) is 11.3.